The van der Waals surface area contributed by atoms with Crippen LogP contribution in [-0.2, 0) is 16.1 Å². The molecule has 0 unspecified atom stereocenters. The summed E-state index contributed by atoms with van der Waals surface area (Å²) in [4.78, 5) is 29.1. The topological polar surface area (TPSA) is 104 Å². The summed E-state index contributed by atoms with van der Waals surface area (Å²) in [5, 5.41) is 16.1. The molecule has 32 heavy (non-hydrogen) atoms. The predicted molar refractivity (Wildman–Crippen MR) is 128 cm³/mol. The minimum atomic E-state index is -1.14. The van der Waals surface area contributed by atoms with Crippen LogP contribution in [0.5, 0.6) is 0 Å². The lowest BCUT2D eigenvalue weighted by Gasteiger charge is -2.19. The summed E-state index contributed by atoms with van der Waals surface area (Å²) in [6.45, 7) is 3.13. The lowest BCUT2D eigenvalue weighted by molar-refractivity contribution is -0.117. The summed E-state index contributed by atoms with van der Waals surface area (Å²) in [5.74, 6) is -0.434. The summed E-state index contributed by atoms with van der Waals surface area (Å²) in [6.07, 6.45) is 0.426. The minimum Gasteiger partial charge on any atom is -0.465 e. The fraction of sp³-hybridized carbons (Fsp3) is 0.261. The van der Waals surface area contributed by atoms with Gasteiger partial charge in [0.2, 0.25) is 5.91 Å². The molecule has 3 aromatic rings. The van der Waals surface area contributed by atoms with Crippen LogP contribution < -0.4 is 10.6 Å². The monoisotopic (exact) mass is 500 g/mol. The van der Waals surface area contributed by atoms with Crippen molar-refractivity contribution >= 4 is 50.2 Å². The summed E-state index contributed by atoms with van der Waals surface area (Å²) in [5.41, 5.74) is 3.04. The Morgan fingerprint density at radius 1 is 1.19 bits per heavy atom. The maximum Gasteiger partial charge on any atom is 0.407 e. The van der Waals surface area contributed by atoms with E-state index in [9.17, 15) is 9.59 Å². The Morgan fingerprint density at radius 2 is 1.97 bits per heavy atom. The molecular formula is C23H25BrN4O4. The second kappa shape index (κ2) is 11.4. The van der Waals surface area contributed by atoms with Gasteiger partial charge in [0.25, 0.3) is 0 Å². The Labute approximate surface area is 194 Å². The molecule has 0 atom stereocenters. The largest absolute Gasteiger partial charge is 0.465 e. The minimum absolute atomic E-state index is 0.219. The maximum atomic E-state index is 12.5. The highest BCUT2D eigenvalue weighted by molar-refractivity contribution is 9.10. The zero-order chi connectivity index (χ0) is 22.9. The number of anilines is 2. The number of rotatable bonds is 10. The van der Waals surface area contributed by atoms with Gasteiger partial charge in [0.05, 0.1) is 36.3 Å². The van der Waals surface area contributed by atoms with E-state index in [1.165, 1.54) is 0 Å². The molecule has 0 aliphatic heterocycles. The van der Waals surface area contributed by atoms with Crippen LogP contribution >= 0.6 is 15.9 Å². The van der Waals surface area contributed by atoms with Crippen molar-refractivity contribution in [3.8, 4) is 0 Å². The van der Waals surface area contributed by atoms with E-state index in [-0.39, 0.29) is 13.1 Å². The highest BCUT2D eigenvalue weighted by Crippen LogP contribution is 2.31. The average molecular weight is 501 g/mol. The Morgan fingerprint density at radius 3 is 2.69 bits per heavy atom. The van der Waals surface area contributed by atoms with Crippen molar-refractivity contribution in [2.45, 2.75) is 13.5 Å². The SMILES string of the molecule is CCN(CC(=O)Nc1cnc2cc(Br)ccc2c1NCCOCc1ccccc1)C(=O)O. The molecule has 0 fully saturated rings. The molecule has 0 radical (unpaired) electrons. The first-order valence-electron chi connectivity index (χ1n) is 10.2. The second-order valence-electron chi connectivity index (χ2n) is 7.02. The summed E-state index contributed by atoms with van der Waals surface area (Å²) in [7, 11) is 0. The van der Waals surface area contributed by atoms with Crippen LogP contribution in [0.1, 0.15) is 12.5 Å². The first-order valence-corrected chi connectivity index (χ1v) is 11.0. The number of nitrogens with zero attached hydrogens (tertiary/aromatic N) is 2. The van der Waals surface area contributed by atoms with E-state index in [4.69, 9.17) is 9.84 Å². The van der Waals surface area contributed by atoms with Gasteiger partial charge in [0.1, 0.15) is 6.54 Å². The lowest BCUT2D eigenvalue weighted by atomic mass is 10.1. The molecule has 0 saturated heterocycles. The zero-order valence-electron chi connectivity index (χ0n) is 17.7. The van der Waals surface area contributed by atoms with Gasteiger partial charge in [-0.15, -0.1) is 0 Å². The number of carbonyl (C=O) groups excluding carboxylic acids is 1. The molecule has 2 aromatic carbocycles. The smallest absolute Gasteiger partial charge is 0.407 e. The first-order chi connectivity index (χ1) is 15.5. The van der Waals surface area contributed by atoms with Crippen LogP contribution in [0.4, 0.5) is 16.2 Å². The quantitative estimate of drug-likeness (QED) is 0.352. The molecule has 0 bridgehead atoms. The molecule has 3 N–H and O–H groups in total. The number of aromatic nitrogens is 1. The standard InChI is InChI=1S/C23H25BrN4O4/c1-2-28(23(30)31)14-21(29)27-20-13-26-19-12-17(24)8-9-18(19)22(20)25-10-11-32-15-16-6-4-3-5-7-16/h3-9,12-13H,2,10-11,14-15H2,1H3,(H,25,26)(H,27,29)(H,30,31). The van der Waals surface area contributed by atoms with Gasteiger partial charge in [0.15, 0.2) is 0 Å². The molecule has 0 aliphatic rings. The van der Waals surface area contributed by atoms with E-state index in [0.29, 0.717) is 31.1 Å². The highest BCUT2D eigenvalue weighted by Gasteiger charge is 2.16. The molecular weight excluding hydrogens is 476 g/mol. The highest BCUT2D eigenvalue weighted by atomic mass is 79.9. The number of fused-ring (bicyclic) bond motifs is 1. The van der Waals surface area contributed by atoms with Gasteiger partial charge in [-0.05, 0) is 30.7 Å². The fourth-order valence-electron chi connectivity index (χ4n) is 3.14. The normalized spacial score (nSPS) is 10.7. The number of carboxylic acid groups (broad SMARTS) is 1. The number of hydrogen-bond donors (Lipinski definition) is 3. The van der Waals surface area contributed by atoms with Gasteiger partial charge in [-0.1, -0.05) is 46.3 Å². The van der Waals surface area contributed by atoms with Crippen molar-refractivity contribution in [3.05, 3.63) is 64.8 Å². The van der Waals surface area contributed by atoms with Crippen LogP contribution in [0.3, 0.4) is 0 Å². The third kappa shape index (κ3) is 6.41. The Hall–Kier alpha value is -3.17. The van der Waals surface area contributed by atoms with Gasteiger partial charge in [-0.2, -0.15) is 0 Å². The van der Waals surface area contributed by atoms with E-state index in [0.717, 1.165) is 25.8 Å². The summed E-state index contributed by atoms with van der Waals surface area (Å²) >= 11 is 3.45. The van der Waals surface area contributed by atoms with Crippen LogP contribution in [0.2, 0.25) is 0 Å². The van der Waals surface area contributed by atoms with Crippen molar-refractivity contribution in [2.75, 3.05) is 36.9 Å². The molecule has 1 aromatic heterocycles. The van der Waals surface area contributed by atoms with Crippen molar-refractivity contribution in [1.82, 2.24) is 9.88 Å². The number of amides is 2. The van der Waals surface area contributed by atoms with E-state index in [1.807, 2.05) is 48.5 Å². The number of nitrogens with one attached hydrogen (secondary N) is 2. The van der Waals surface area contributed by atoms with E-state index in [1.54, 1.807) is 13.1 Å². The van der Waals surface area contributed by atoms with Crippen LogP contribution in [0.15, 0.2) is 59.2 Å². The third-order valence-corrected chi connectivity index (χ3v) is 5.24. The number of likely N-dealkylation sites (N-methyl/N-ethyl adjacent to an activating group) is 1. The van der Waals surface area contributed by atoms with Crippen molar-refractivity contribution in [3.63, 3.8) is 0 Å². The van der Waals surface area contributed by atoms with Gasteiger partial charge in [-0.25, -0.2) is 4.79 Å². The van der Waals surface area contributed by atoms with Gasteiger partial charge in [0, 0.05) is 22.9 Å². The second-order valence-corrected chi connectivity index (χ2v) is 7.93. The zero-order valence-corrected chi connectivity index (χ0v) is 19.3. The van der Waals surface area contributed by atoms with E-state index < -0.39 is 12.0 Å². The van der Waals surface area contributed by atoms with Crippen LogP contribution in [0, 0.1) is 0 Å². The molecule has 0 saturated carbocycles. The Bertz CT molecular complexity index is 1080. The van der Waals surface area contributed by atoms with E-state index in [2.05, 4.69) is 31.5 Å². The Balaban J connectivity index is 1.71. The maximum absolute atomic E-state index is 12.5. The van der Waals surface area contributed by atoms with Gasteiger partial charge >= 0.3 is 6.09 Å². The molecule has 8 nitrogen and oxygen atoms in total. The Kier molecular flexibility index (Phi) is 8.41. The number of hydrogen-bond acceptors (Lipinski definition) is 5. The molecule has 0 aliphatic carbocycles. The number of carbonyl (C=O) groups is 2. The first kappa shape index (κ1) is 23.5. The number of benzene rings is 2. The molecule has 3 rings (SSSR count). The molecule has 2 amide bonds. The van der Waals surface area contributed by atoms with Crippen LogP contribution in [0.25, 0.3) is 10.9 Å². The number of halogens is 1. The predicted octanol–water partition coefficient (Wildman–Crippen LogP) is 4.56. The van der Waals surface area contributed by atoms with Gasteiger partial charge < -0.3 is 20.5 Å². The van der Waals surface area contributed by atoms with Crippen molar-refractivity contribution in [1.29, 1.82) is 0 Å². The third-order valence-electron chi connectivity index (χ3n) is 4.75. The van der Waals surface area contributed by atoms with Crippen LogP contribution in [-0.4, -0.2) is 53.2 Å². The van der Waals surface area contributed by atoms with E-state index >= 15 is 0 Å². The molecule has 0 spiro atoms. The number of pyridine rings is 1. The lowest BCUT2D eigenvalue weighted by Crippen LogP contribution is -2.36. The number of ether oxygens (including phenoxy) is 1. The summed E-state index contributed by atoms with van der Waals surface area (Å²) in [6, 6.07) is 15.6. The van der Waals surface area contributed by atoms with Crippen molar-refractivity contribution in [2.24, 2.45) is 0 Å². The van der Waals surface area contributed by atoms with Gasteiger partial charge in [-0.3, -0.25) is 14.7 Å². The van der Waals surface area contributed by atoms with Crippen molar-refractivity contribution < 1.29 is 19.4 Å². The average Bonchev–Trinajstić information content (AvgIpc) is 2.78. The fourth-order valence-corrected chi connectivity index (χ4v) is 3.49. The molecule has 168 valence electrons. The summed E-state index contributed by atoms with van der Waals surface area (Å²) < 4.78 is 6.64. The molecule has 9 heteroatoms. The molecule has 1 heterocycles.